The minimum atomic E-state index is -0.769. The van der Waals surface area contributed by atoms with E-state index in [1.807, 2.05) is 0 Å². The zero-order valence-electron chi connectivity index (χ0n) is 14.6. The zero-order valence-corrected chi connectivity index (χ0v) is 14.6. The fourth-order valence-electron chi connectivity index (χ4n) is 5.05. The van der Waals surface area contributed by atoms with Gasteiger partial charge in [0.2, 0.25) is 5.91 Å². The van der Waals surface area contributed by atoms with E-state index in [4.69, 9.17) is 0 Å². The summed E-state index contributed by atoms with van der Waals surface area (Å²) >= 11 is 0. The summed E-state index contributed by atoms with van der Waals surface area (Å²) in [6.07, 6.45) is 6.58. The molecule has 0 aromatic heterocycles. The summed E-state index contributed by atoms with van der Waals surface area (Å²) in [6, 6.07) is 3.55. The van der Waals surface area contributed by atoms with Gasteiger partial charge in [-0.1, -0.05) is 12.8 Å². The minimum Gasteiger partial charge on any atom is -0.355 e. The molecular formula is C20H26F2N2O. The van der Waals surface area contributed by atoms with E-state index in [-0.39, 0.29) is 11.3 Å². The summed E-state index contributed by atoms with van der Waals surface area (Å²) < 4.78 is 27.5. The van der Waals surface area contributed by atoms with Crippen LogP contribution in [0.4, 0.5) is 8.78 Å². The van der Waals surface area contributed by atoms with E-state index in [1.54, 1.807) is 0 Å². The van der Waals surface area contributed by atoms with Crippen molar-refractivity contribution < 1.29 is 13.6 Å². The number of amides is 1. The lowest BCUT2D eigenvalue weighted by molar-refractivity contribution is -0.127. The van der Waals surface area contributed by atoms with Crippen LogP contribution in [-0.2, 0) is 10.2 Å². The van der Waals surface area contributed by atoms with Gasteiger partial charge in [-0.2, -0.15) is 0 Å². The number of rotatable bonds is 4. The van der Waals surface area contributed by atoms with Gasteiger partial charge in [-0.25, -0.2) is 8.78 Å². The summed E-state index contributed by atoms with van der Waals surface area (Å²) in [7, 11) is 0. The average Bonchev–Trinajstić information content (AvgIpc) is 3.12. The highest BCUT2D eigenvalue weighted by Crippen LogP contribution is 2.43. The van der Waals surface area contributed by atoms with Crippen LogP contribution in [-0.4, -0.2) is 37.0 Å². The van der Waals surface area contributed by atoms with Gasteiger partial charge in [0.05, 0.1) is 5.41 Å². The van der Waals surface area contributed by atoms with Crippen LogP contribution in [0, 0.1) is 17.0 Å². The molecule has 25 heavy (non-hydrogen) atoms. The summed E-state index contributed by atoms with van der Waals surface area (Å²) in [6.45, 7) is 4.06. The molecule has 1 amide bonds. The van der Waals surface area contributed by atoms with E-state index in [9.17, 15) is 13.6 Å². The van der Waals surface area contributed by atoms with Gasteiger partial charge in [0.25, 0.3) is 0 Å². The number of hydrogen-bond acceptors (Lipinski definition) is 2. The Balaban J connectivity index is 1.53. The van der Waals surface area contributed by atoms with Crippen molar-refractivity contribution in [2.75, 3.05) is 26.2 Å². The Morgan fingerprint density at radius 2 is 1.52 bits per heavy atom. The molecule has 3 saturated heterocycles. The second kappa shape index (κ2) is 6.35. The van der Waals surface area contributed by atoms with E-state index >= 15 is 0 Å². The molecule has 3 nitrogen and oxygen atoms in total. The van der Waals surface area contributed by atoms with Crippen molar-refractivity contribution in [3.8, 4) is 0 Å². The molecule has 0 atom stereocenters. The Bertz CT molecular complexity index is 628. The molecule has 0 unspecified atom stereocenters. The van der Waals surface area contributed by atoms with Crippen molar-refractivity contribution in [2.24, 2.45) is 5.41 Å². The lowest BCUT2D eigenvalue weighted by atomic mass is 9.71. The van der Waals surface area contributed by atoms with Crippen molar-refractivity contribution in [3.05, 3.63) is 35.4 Å². The number of carbonyl (C=O) groups excluding carboxylic acids is 1. The largest absolute Gasteiger partial charge is 0.355 e. The van der Waals surface area contributed by atoms with E-state index in [0.29, 0.717) is 24.9 Å². The fourth-order valence-corrected chi connectivity index (χ4v) is 5.05. The van der Waals surface area contributed by atoms with Crippen molar-refractivity contribution in [1.29, 1.82) is 0 Å². The first-order chi connectivity index (χ1) is 12.0. The number of nitrogens with zero attached hydrogens (tertiary/aromatic N) is 1. The van der Waals surface area contributed by atoms with Crippen LogP contribution in [0.3, 0.4) is 0 Å². The third-order valence-electron chi connectivity index (χ3n) is 6.81. The Morgan fingerprint density at radius 3 is 2.08 bits per heavy atom. The van der Waals surface area contributed by atoms with Gasteiger partial charge in [-0.3, -0.25) is 4.79 Å². The van der Waals surface area contributed by atoms with E-state index in [0.717, 1.165) is 57.8 Å². The molecular weight excluding hydrogens is 322 g/mol. The van der Waals surface area contributed by atoms with Gasteiger partial charge in [0, 0.05) is 12.6 Å². The monoisotopic (exact) mass is 348 g/mol. The van der Waals surface area contributed by atoms with E-state index in [2.05, 4.69) is 10.2 Å². The fraction of sp³-hybridized carbons (Fsp3) is 0.650. The van der Waals surface area contributed by atoms with Crippen LogP contribution >= 0.6 is 0 Å². The highest BCUT2D eigenvalue weighted by molar-refractivity contribution is 5.88. The molecule has 1 N–H and O–H groups in total. The first-order valence-corrected chi connectivity index (χ1v) is 9.49. The maximum Gasteiger partial charge on any atom is 0.230 e. The molecule has 5 heteroatoms. The van der Waals surface area contributed by atoms with Crippen LogP contribution in [0.15, 0.2) is 18.2 Å². The number of carbonyl (C=O) groups is 1. The summed E-state index contributed by atoms with van der Waals surface area (Å²) in [5.41, 5.74) is -0.0530. The molecule has 1 aromatic rings. The van der Waals surface area contributed by atoms with Crippen molar-refractivity contribution >= 4 is 5.91 Å². The topological polar surface area (TPSA) is 32.3 Å². The average molecular weight is 348 g/mol. The first kappa shape index (κ1) is 17.0. The maximum atomic E-state index is 13.7. The SMILES string of the molecule is O=C(NCC12CCN(CC1)CC2)C1(c2cc(F)cc(F)c2)CCCC1. The molecule has 0 spiro atoms. The maximum absolute atomic E-state index is 13.7. The van der Waals surface area contributed by atoms with Crippen molar-refractivity contribution in [2.45, 2.75) is 50.4 Å². The molecule has 0 radical (unpaired) electrons. The van der Waals surface area contributed by atoms with Gasteiger partial charge in [0.1, 0.15) is 11.6 Å². The summed E-state index contributed by atoms with van der Waals surface area (Å²) in [4.78, 5) is 15.6. The number of fused-ring (bicyclic) bond motifs is 3. The Kier molecular flexibility index (Phi) is 4.30. The van der Waals surface area contributed by atoms with Crippen LogP contribution in [0.2, 0.25) is 0 Å². The van der Waals surface area contributed by atoms with Gasteiger partial charge < -0.3 is 10.2 Å². The van der Waals surface area contributed by atoms with Crippen molar-refractivity contribution in [1.82, 2.24) is 10.2 Å². The smallest absolute Gasteiger partial charge is 0.230 e. The molecule has 3 heterocycles. The zero-order chi connectivity index (χ0) is 17.5. The van der Waals surface area contributed by atoms with Crippen LogP contribution in [0.5, 0.6) is 0 Å². The molecule has 4 aliphatic rings. The van der Waals surface area contributed by atoms with Gasteiger partial charge in [0.15, 0.2) is 0 Å². The number of piperidine rings is 3. The van der Waals surface area contributed by atoms with Crippen LogP contribution in [0.1, 0.15) is 50.5 Å². The summed E-state index contributed by atoms with van der Waals surface area (Å²) in [5.74, 6) is -1.25. The van der Waals surface area contributed by atoms with Gasteiger partial charge >= 0.3 is 0 Å². The normalized spacial score (nSPS) is 30.4. The molecule has 2 bridgehead atoms. The number of benzene rings is 1. The van der Waals surface area contributed by atoms with E-state index < -0.39 is 17.0 Å². The Labute approximate surface area is 147 Å². The van der Waals surface area contributed by atoms with Gasteiger partial charge in [-0.15, -0.1) is 0 Å². The second-order valence-electron chi connectivity index (χ2n) is 8.22. The molecule has 1 aliphatic carbocycles. The second-order valence-corrected chi connectivity index (χ2v) is 8.22. The van der Waals surface area contributed by atoms with Crippen LogP contribution in [0.25, 0.3) is 0 Å². The summed E-state index contributed by atoms with van der Waals surface area (Å²) in [5, 5.41) is 3.19. The molecule has 1 aromatic carbocycles. The molecule has 3 aliphatic heterocycles. The molecule has 5 rings (SSSR count). The first-order valence-electron chi connectivity index (χ1n) is 9.49. The van der Waals surface area contributed by atoms with E-state index in [1.165, 1.54) is 12.1 Å². The standard InChI is InChI=1S/C20H26F2N2O/c21-16-11-15(12-17(22)13-16)20(3-1-2-4-20)18(25)23-14-19-5-8-24(9-6-19)10-7-19/h11-13H,1-10,14H2,(H,23,25). The quantitative estimate of drug-likeness (QED) is 0.905. The molecule has 1 saturated carbocycles. The predicted molar refractivity (Wildman–Crippen MR) is 92.2 cm³/mol. The third kappa shape index (κ3) is 3.07. The Morgan fingerprint density at radius 1 is 0.960 bits per heavy atom. The third-order valence-corrected chi connectivity index (χ3v) is 6.81. The van der Waals surface area contributed by atoms with Crippen LogP contribution < -0.4 is 5.32 Å². The lowest BCUT2D eigenvalue weighted by Gasteiger charge is -2.48. The number of halogens is 2. The highest BCUT2D eigenvalue weighted by atomic mass is 19.1. The lowest BCUT2D eigenvalue weighted by Crippen LogP contribution is -2.54. The number of nitrogens with one attached hydrogen (secondary N) is 1. The number of hydrogen-bond donors (Lipinski definition) is 1. The van der Waals surface area contributed by atoms with Gasteiger partial charge in [-0.05, 0) is 74.8 Å². The Hall–Kier alpha value is -1.49. The molecule has 4 fully saturated rings. The highest BCUT2D eigenvalue weighted by Gasteiger charge is 2.45. The predicted octanol–water partition coefficient (Wildman–Crippen LogP) is 3.38. The minimum absolute atomic E-state index is 0.0441. The van der Waals surface area contributed by atoms with Crippen molar-refractivity contribution in [3.63, 3.8) is 0 Å². The molecule has 136 valence electrons.